The molecule has 0 aromatic carbocycles. The lowest BCUT2D eigenvalue weighted by Crippen LogP contribution is -2.54. The lowest BCUT2D eigenvalue weighted by atomic mass is 9.91. The molecule has 8 heteroatoms. The van der Waals surface area contributed by atoms with Gasteiger partial charge in [0.1, 0.15) is 29.9 Å². The van der Waals surface area contributed by atoms with E-state index >= 15 is 0 Å². The van der Waals surface area contributed by atoms with Gasteiger partial charge in [-0.15, -0.1) is 0 Å². The number of ketones is 1. The summed E-state index contributed by atoms with van der Waals surface area (Å²) >= 11 is 0. The highest BCUT2D eigenvalue weighted by Gasteiger charge is 2.44. The third kappa shape index (κ3) is 7.58. The second-order valence-corrected chi connectivity index (χ2v) is 8.11. The van der Waals surface area contributed by atoms with Crippen LogP contribution in [-0.4, -0.2) is 59.4 Å². The molecule has 0 spiro atoms. The van der Waals surface area contributed by atoms with Crippen molar-refractivity contribution < 1.29 is 28.7 Å². The van der Waals surface area contributed by atoms with E-state index in [9.17, 15) is 19.2 Å². The second-order valence-electron chi connectivity index (χ2n) is 8.11. The monoisotopic (exact) mass is 398 g/mol. The van der Waals surface area contributed by atoms with Crippen molar-refractivity contribution in [3.8, 4) is 0 Å². The molecule has 1 amide bonds. The van der Waals surface area contributed by atoms with Gasteiger partial charge in [0.2, 0.25) is 5.91 Å². The maximum absolute atomic E-state index is 13.0. The van der Waals surface area contributed by atoms with Crippen LogP contribution in [0.15, 0.2) is 0 Å². The fourth-order valence-electron chi connectivity index (χ4n) is 2.80. The average Bonchev–Trinajstić information content (AvgIpc) is 3.40. The molecule has 0 heterocycles. The van der Waals surface area contributed by atoms with E-state index in [2.05, 4.69) is 0 Å². The minimum atomic E-state index is -1.39. The first kappa shape index (κ1) is 24.1. The number of carbonyl (C=O) groups is 4. The maximum Gasteiger partial charge on any atom is 0.325 e. The first-order valence-corrected chi connectivity index (χ1v) is 9.99. The third-order valence-electron chi connectivity index (χ3n) is 4.30. The van der Waals surface area contributed by atoms with Gasteiger partial charge in [0.05, 0.1) is 6.61 Å². The van der Waals surface area contributed by atoms with Crippen molar-refractivity contribution in [2.75, 3.05) is 13.2 Å². The molecule has 1 aliphatic rings. The molecule has 0 aromatic heterocycles. The third-order valence-corrected chi connectivity index (χ3v) is 4.30. The summed E-state index contributed by atoms with van der Waals surface area (Å²) in [5, 5.41) is 0. The normalized spacial score (nSPS) is 16.1. The molecule has 1 rings (SSSR count). The quantitative estimate of drug-likeness (QED) is 0.415. The van der Waals surface area contributed by atoms with Gasteiger partial charge in [-0.05, 0) is 47.0 Å². The average molecular weight is 399 g/mol. The lowest BCUT2D eigenvalue weighted by molar-refractivity contribution is -0.165. The van der Waals surface area contributed by atoms with E-state index in [1.54, 1.807) is 27.7 Å². The number of hydrogen-bond donors (Lipinski definition) is 1. The van der Waals surface area contributed by atoms with E-state index in [0.29, 0.717) is 6.42 Å². The molecular formula is C20H34N2O6. The summed E-state index contributed by atoms with van der Waals surface area (Å²) in [4.78, 5) is 51.5. The number of nitrogens with zero attached hydrogens (tertiary/aromatic N) is 1. The van der Waals surface area contributed by atoms with Crippen LogP contribution >= 0.6 is 0 Å². The van der Waals surface area contributed by atoms with Gasteiger partial charge in [0.15, 0.2) is 0 Å². The molecule has 0 bridgehead atoms. The van der Waals surface area contributed by atoms with E-state index in [1.165, 1.54) is 4.90 Å². The number of amides is 1. The number of nitrogens with two attached hydrogens (primary N) is 1. The fourth-order valence-corrected chi connectivity index (χ4v) is 2.80. The molecule has 0 aliphatic heterocycles. The molecule has 1 fully saturated rings. The number of rotatable bonds is 11. The largest absolute Gasteiger partial charge is 0.465 e. The number of hydrogen-bond acceptors (Lipinski definition) is 7. The molecule has 0 saturated heterocycles. The minimum absolute atomic E-state index is 0.118. The van der Waals surface area contributed by atoms with Crippen molar-refractivity contribution in [3.05, 3.63) is 0 Å². The summed E-state index contributed by atoms with van der Waals surface area (Å²) in [6, 6.07) is -1.51. The molecule has 2 N–H and O–H groups in total. The van der Waals surface area contributed by atoms with Gasteiger partial charge in [0, 0.05) is 12.5 Å². The first-order valence-electron chi connectivity index (χ1n) is 9.99. The Morgan fingerprint density at radius 3 is 2.21 bits per heavy atom. The van der Waals surface area contributed by atoms with Crippen LogP contribution in [0.5, 0.6) is 0 Å². The molecule has 1 aliphatic carbocycles. The fraction of sp³-hybridized carbons (Fsp3) is 0.800. The SMILES string of the molecule is CCCCC(=O)C(C(=O)OC(C)(C)C)[C@H](N)C(=O)N(CC(=O)OCC)C1CC1. The molecule has 0 radical (unpaired) electrons. The van der Waals surface area contributed by atoms with Gasteiger partial charge in [-0.3, -0.25) is 19.2 Å². The number of ether oxygens (including phenoxy) is 2. The van der Waals surface area contributed by atoms with Gasteiger partial charge < -0.3 is 20.1 Å². The summed E-state index contributed by atoms with van der Waals surface area (Å²) < 4.78 is 10.3. The molecule has 1 saturated carbocycles. The Bertz CT molecular complexity index is 580. The lowest BCUT2D eigenvalue weighted by Gasteiger charge is -2.29. The van der Waals surface area contributed by atoms with Gasteiger partial charge in [0.25, 0.3) is 0 Å². The van der Waals surface area contributed by atoms with Crippen molar-refractivity contribution in [1.29, 1.82) is 0 Å². The Kier molecular flexibility index (Phi) is 9.07. The topological polar surface area (TPSA) is 116 Å². The first-order chi connectivity index (χ1) is 13.0. The van der Waals surface area contributed by atoms with Crippen molar-refractivity contribution in [1.82, 2.24) is 4.90 Å². The number of carbonyl (C=O) groups excluding carboxylic acids is 4. The molecule has 28 heavy (non-hydrogen) atoms. The van der Waals surface area contributed by atoms with Gasteiger partial charge >= 0.3 is 11.9 Å². The zero-order valence-electron chi connectivity index (χ0n) is 17.7. The Labute approximate surface area is 167 Å². The smallest absolute Gasteiger partial charge is 0.325 e. The van der Waals surface area contributed by atoms with Crippen LogP contribution in [0.2, 0.25) is 0 Å². The van der Waals surface area contributed by atoms with Gasteiger partial charge in [-0.2, -0.15) is 0 Å². The maximum atomic E-state index is 13.0. The predicted octanol–water partition coefficient (Wildman–Crippen LogP) is 1.59. The summed E-state index contributed by atoms with van der Waals surface area (Å²) in [5.74, 6) is -3.75. The molecule has 2 atom stereocenters. The standard InChI is InChI=1S/C20H34N2O6/c1-6-8-9-14(23)16(19(26)28-20(3,4)5)17(21)18(25)22(13-10-11-13)12-15(24)27-7-2/h13,16-17H,6-12,21H2,1-5H3/t16?,17-/m0/s1. The van der Waals surface area contributed by atoms with Crippen LogP contribution in [0.3, 0.4) is 0 Å². The van der Waals surface area contributed by atoms with Crippen molar-refractivity contribution in [2.24, 2.45) is 11.7 Å². The zero-order chi connectivity index (χ0) is 21.5. The number of esters is 2. The molecule has 0 aromatic rings. The van der Waals surface area contributed by atoms with E-state index in [-0.39, 0.29) is 25.6 Å². The van der Waals surface area contributed by atoms with E-state index in [1.807, 2.05) is 6.92 Å². The summed E-state index contributed by atoms with van der Waals surface area (Å²) in [5.41, 5.74) is 5.29. The molecule has 1 unspecified atom stereocenters. The van der Waals surface area contributed by atoms with Crippen LogP contribution in [0.1, 0.15) is 66.7 Å². The highest BCUT2D eigenvalue weighted by atomic mass is 16.6. The molecular weight excluding hydrogens is 364 g/mol. The van der Waals surface area contributed by atoms with Gasteiger partial charge in [-0.25, -0.2) is 0 Å². The molecule has 8 nitrogen and oxygen atoms in total. The summed E-state index contributed by atoms with van der Waals surface area (Å²) in [6.07, 6.45) is 3.00. The predicted molar refractivity (Wildman–Crippen MR) is 103 cm³/mol. The Balaban J connectivity index is 3.02. The number of Topliss-reactive ketones (excluding diaryl/α,β-unsaturated/α-hetero) is 1. The Hall–Kier alpha value is -1.96. The Morgan fingerprint density at radius 1 is 1.14 bits per heavy atom. The van der Waals surface area contributed by atoms with E-state index < -0.39 is 41.2 Å². The van der Waals surface area contributed by atoms with Crippen LogP contribution in [0, 0.1) is 5.92 Å². The van der Waals surface area contributed by atoms with Crippen molar-refractivity contribution in [2.45, 2.75) is 84.4 Å². The Morgan fingerprint density at radius 2 is 1.75 bits per heavy atom. The van der Waals surface area contributed by atoms with Crippen LogP contribution < -0.4 is 5.73 Å². The highest BCUT2D eigenvalue weighted by molar-refractivity contribution is 6.05. The highest BCUT2D eigenvalue weighted by Crippen LogP contribution is 2.28. The van der Waals surface area contributed by atoms with E-state index in [4.69, 9.17) is 15.2 Å². The summed E-state index contributed by atoms with van der Waals surface area (Å²) in [6.45, 7) is 8.62. The van der Waals surface area contributed by atoms with E-state index in [0.717, 1.165) is 19.3 Å². The van der Waals surface area contributed by atoms with Crippen LogP contribution in [-0.2, 0) is 28.7 Å². The zero-order valence-corrected chi connectivity index (χ0v) is 17.7. The number of unbranched alkanes of at least 4 members (excludes halogenated alkanes) is 1. The van der Waals surface area contributed by atoms with Crippen LogP contribution in [0.4, 0.5) is 0 Å². The van der Waals surface area contributed by atoms with Gasteiger partial charge in [-0.1, -0.05) is 13.3 Å². The van der Waals surface area contributed by atoms with Crippen LogP contribution in [0.25, 0.3) is 0 Å². The van der Waals surface area contributed by atoms with Crippen molar-refractivity contribution in [3.63, 3.8) is 0 Å². The summed E-state index contributed by atoms with van der Waals surface area (Å²) in [7, 11) is 0. The van der Waals surface area contributed by atoms with Crippen molar-refractivity contribution >= 4 is 23.6 Å². The molecule has 160 valence electrons. The minimum Gasteiger partial charge on any atom is -0.465 e. The second kappa shape index (κ2) is 10.5.